The standard InChI is InChI=1S/C10H17N3O/c1-8-12-13-10(14-8)11-9-6-4-2-3-5-7-9/h9H,2-7H2,1H3,(H,11,13). The van der Waals surface area contributed by atoms with Crippen molar-refractivity contribution < 1.29 is 4.42 Å². The van der Waals surface area contributed by atoms with E-state index in [2.05, 4.69) is 15.5 Å². The first kappa shape index (κ1) is 9.49. The van der Waals surface area contributed by atoms with Crippen LogP contribution in [0.3, 0.4) is 0 Å². The number of rotatable bonds is 2. The largest absolute Gasteiger partial charge is 0.408 e. The molecule has 4 nitrogen and oxygen atoms in total. The van der Waals surface area contributed by atoms with Crippen molar-refractivity contribution in [2.45, 2.75) is 51.5 Å². The summed E-state index contributed by atoms with van der Waals surface area (Å²) in [6.45, 7) is 1.81. The zero-order chi connectivity index (χ0) is 9.80. The van der Waals surface area contributed by atoms with Crippen LogP contribution in [0.5, 0.6) is 0 Å². The van der Waals surface area contributed by atoms with Crippen molar-refractivity contribution >= 4 is 6.01 Å². The van der Waals surface area contributed by atoms with Gasteiger partial charge in [-0.25, -0.2) is 0 Å². The molecule has 2 rings (SSSR count). The Balaban J connectivity index is 1.89. The van der Waals surface area contributed by atoms with Crippen LogP contribution in [0.1, 0.15) is 44.4 Å². The molecule has 1 fully saturated rings. The van der Waals surface area contributed by atoms with Crippen molar-refractivity contribution in [2.75, 3.05) is 5.32 Å². The van der Waals surface area contributed by atoms with Gasteiger partial charge < -0.3 is 9.73 Å². The van der Waals surface area contributed by atoms with Crippen LogP contribution in [0.4, 0.5) is 6.01 Å². The normalized spacial score (nSPS) is 19.2. The van der Waals surface area contributed by atoms with Crippen molar-refractivity contribution in [2.24, 2.45) is 0 Å². The Morgan fingerprint density at radius 1 is 1.14 bits per heavy atom. The van der Waals surface area contributed by atoms with Crippen molar-refractivity contribution in [3.05, 3.63) is 5.89 Å². The molecule has 0 aliphatic heterocycles. The quantitative estimate of drug-likeness (QED) is 0.737. The first-order valence-corrected chi connectivity index (χ1v) is 5.41. The van der Waals surface area contributed by atoms with Crippen LogP contribution in [0, 0.1) is 6.92 Å². The monoisotopic (exact) mass is 195 g/mol. The molecule has 4 heteroatoms. The number of aryl methyl sites for hydroxylation is 1. The lowest BCUT2D eigenvalue weighted by Gasteiger charge is -2.13. The Morgan fingerprint density at radius 3 is 2.43 bits per heavy atom. The van der Waals surface area contributed by atoms with Crippen LogP contribution >= 0.6 is 0 Å². The van der Waals surface area contributed by atoms with Gasteiger partial charge in [-0.15, -0.1) is 5.10 Å². The summed E-state index contributed by atoms with van der Waals surface area (Å²) < 4.78 is 5.29. The van der Waals surface area contributed by atoms with Crippen LogP contribution < -0.4 is 5.32 Å². The average molecular weight is 195 g/mol. The lowest BCUT2D eigenvalue weighted by atomic mass is 10.1. The van der Waals surface area contributed by atoms with Gasteiger partial charge >= 0.3 is 6.01 Å². The zero-order valence-corrected chi connectivity index (χ0v) is 8.62. The molecule has 1 saturated carbocycles. The Morgan fingerprint density at radius 2 is 1.86 bits per heavy atom. The van der Waals surface area contributed by atoms with E-state index < -0.39 is 0 Å². The molecule has 0 bridgehead atoms. The minimum absolute atomic E-state index is 0.525. The molecule has 1 aromatic heterocycles. The maximum atomic E-state index is 5.29. The summed E-state index contributed by atoms with van der Waals surface area (Å²) in [7, 11) is 0. The third kappa shape index (κ3) is 2.47. The fourth-order valence-corrected chi connectivity index (χ4v) is 1.95. The van der Waals surface area contributed by atoms with Crippen LogP contribution in [0.25, 0.3) is 0 Å². The second kappa shape index (κ2) is 4.44. The molecule has 0 atom stereocenters. The highest BCUT2D eigenvalue weighted by atomic mass is 16.4. The first-order chi connectivity index (χ1) is 6.84. The molecule has 78 valence electrons. The van der Waals surface area contributed by atoms with Crippen LogP contribution in [-0.2, 0) is 0 Å². The van der Waals surface area contributed by atoms with Gasteiger partial charge in [-0.3, -0.25) is 0 Å². The second-order valence-corrected chi connectivity index (χ2v) is 3.96. The molecule has 1 N–H and O–H groups in total. The molecular weight excluding hydrogens is 178 g/mol. The molecule has 0 unspecified atom stereocenters. The topological polar surface area (TPSA) is 51.0 Å². The van der Waals surface area contributed by atoms with E-state index in [1.165, 1.54) is 38.5 Å². The number of nitrogens with zero attached hydrogens (tertiary/aromatic N) is 2. The molecule has 0 amide bonds. The molecule has 1 aromatic rings. The molecule has 1 heterocycles. The summed E-state index contributed by atoms with van der Waals surface area (Å²) in [5, 5.41) is 11.0. The van der Waals surface area contributed by atoms with Gasteiger partial charge in [-0.1, -0.05) is 30.8 Å². The van der Waals surface area contributed by atoms with E-state index in [0.29, 0.717) is 17.9 Å². The second-order valence-electron chi connectivity index (χ2n) is 3.96. The van der Waals surface area contributed by atoms with Crippen molar-refractivity contribution in [3.8, 4) is 0 Å². The van der Waals surface area contributed by atoms with Crippen LogP contribution in [0.15, 0.2) is 4.42 Å². The predicted molar refractivity (Wildman–Crippen MR) is 54.1 cm³/mol. The van der Waals surface area contributed by atoms with E-state index in [0.717, 1.165) is 0 Å². The number of anilines is 1. The van der Waals surface area contributed by atoms with Gasteiger partial charge in [0, 0.05) is 13.0 Å². The molecule has 0 radical (unpaired) electrons. The molecule has 1 aliphatic carbocycles. The molecule has 0 aromatic carbocycles. The van der Waals surface area contributed by atoms with E-state index in [9.17, 15) is 0 Å². The lowest BCUT2D eigenvalue weighted by Crippen LogP contribution is -2.18. The lowest BCUT2D eigenvalue weighted by molar-refractivity contribution is 0.511. The van der Waals surface area contributed by atoms with Crippen molar-refractivity contribution in [1.29, 1.82) is 0 Å². The van der Waals surface area contributed by atoms with Gasteiger partial charge in [-0.05, 0) is 12.8 Å². The maximum absolute atomic E-state index is 5.29. The highest BCUT2D eigenvalue weighted by Gasteiger charge is 2.14. The number of nitrogens with one attached hydrogen (secondary N) is 1. The Kier molecular flexibility index (Phi) is 3.01. The molecule has 0 saturated heterocycles. The fraction of sp³-hybridized carbons (Fsp3) is 0.800. The number of hydrogen-bond acceptors (Lipinski definition) is 4. The van der Waals surface area contributed by atoms with Gasteiger partial charge in [0.25, 0.3) is 0 Å². The van der Waals surface area contributed by atoms with E-state index >= 15 is 0 Å². The third-order valence-electron chi connectivity index (χ3n) is 2.71. The fourth-order valence-electron chi connectivity index (χ4n) is 1.95. The number of hydrogen-bond donors (Lipinski definition) is 1. The third-order valence-corrected chi connectivity index (χ3v) is 2.71. The first-order valence-electron chi connectivity index (χ1n) is 5.41. The maximum Gasteiger partial charge on any atom is 0.315 e. The Hall–Kier alpha value is -1.06. The highest BCUT2D eigenvalue weighted by molar-refractivity contribution is 5.19. The summed E-state index contributed by atoms with van der Waals surface area (Å²) in [5.41, 5.74) is 0. The minimum Gasteiger partial charge on any atom is -0.408 e. The van der Waals surface area contributed by atoms with Crippen LogP contribution in [-0.4, -0.2) is 16.2 Å². The summed E-state index contributed by atoms with van der Waals surface area (Å²) in [6, 6.07) is 1.10. The van der Waals surface area contributed by atoms with Gasteiger partial charge in [-0.2, -0.15) is 0 Å². The van der Waals surface area contributed by atoms with Crippen molar-refractivity contribution in [1.82, 2.24) is 10.2 Å². The summed E-state index contributed by atoms with van der Waals surface area (Å²) in [6.07, 6.45) is 7.79. The van der Waals surface area contributed by atoms with E-state index in [1.807, 2.05) is 6.92 Å². The molecule has 0 spiro atoms. The summed E-state index contributed by atoms with van der Waals surface area (Å²) in [4.78, 5) is 0. The Labute approximate surface area is 84.1 Å². The summed E-state index contributed by atoms with van der Waals surface area (Å²) >= 11 is 0. The van der Waals surface area contributed by atoms with Gasteiger partial charge in [0.05, 0.1) is 0 Å². The molecule has 14 heavy (non-hydrogen) atoms. The minimum atomic E-state index is 0.525. The van der Waals surface area contributed by atoms with E-state index in [1.54, 1.807) is 0 Å². The Bertz CT molecular complexity index is 277. The van der Waals surface area contributed by atoms with Crippen molar-refractivity contribution in [3.63, 3.8) is 0 Å². The van der Waals surface area contributed by atoms with Gasteiger partial charge in [0.2, 0.25) is 5.89 Å². The number of aromatic nitrogens is 2. The molecular formula is C10H17N3O. The predicted octanol–water partition coefficient (Wildman–Crippen LogP) is 2.51. The average Bonchev–Trinajstić information content (AvgIpc) is 2.43. The zero-order valence-electron chi connectivity index (χ0n) is 8.62. The van der Waals surface area contributed by atoms with E-state index in [-0.39, 0.29) is 0 Å². The SMILES string of the molecule is Cc1nnc(NC2CCCCCC2)o1. The highest BCUT2D eigenvalue weighted by Crippen LogP contribution is 2.20. The smallest absolute Gasteiger partial charge is 0.315 e. The van der Waals surface area contributed by atoms with Gasteiger partial charge in [0.1, 0.15) is 0 Å². The molecule has 1 aliphatic rings. The summed E-state index contributed by atoms with van der Waals surface area (Å²) in [5.74, 6) is 0.626. The van der Waals surface area contributed by atoms with E-state index in [4.69, 9.17) is 4.42 Å². The van der Waals surface area contributed by atoms with Gasteiger partial charge in [0.15, 0.2) is 0 Å². The van der Waals surface area contributed by atoms with Crippen LogP contribution in [0.2, 0.25) is 0 Å².